The fraction of sp³-hybridized carbons (Fsp3) is 0.0588. The Bertz CT molecular complexity index is 1040. The van der Waals surface area contributed by atoms with Crippen molar-refractivity contribution in [3.8, 4) is 5.75 Å². The van der Waals surface area contributed by atoms with Crippen LogP contribution in [0.25, 0.3) is 11.0 Å². The SMILES string of the molecule is COc1ccc2cc(C(=O)NNc3ccc([N+](=O)[O-])cc3)c(=O)oc2c1. The first-order valence-electron chi connectivity index (χ1n) is 7.40. The van der Waals surface area contributed by atoms with Gasteiger partial charge in [-0.25, -0.2) is 4.79 Å². The van der Waals surface area contributed by atoms with Gasteiger partial charge in [0.1, 0.15) is 16.9 Å². The summed E-state index contributed by atoms with van der Waals surface area (Å²) in [4.78, 5) is 34.3. The van der Waals surface area contributed by atoms with E-state index >= 15 is 0 Å². The van der Waals surface area contributed by atoms with Crippen molar-refractivity contribution >= 4 is 28.3 Å². The second-order valence-electron chi connectivity index (χ2n) is 5.23. The number of carbonyl (C=O) groups is 1. The molecule has 0 aliphatic carbocycles. The van der Waals surface area contributed by atoms with Crippen LogP contribution < -0.4 is 21.2 Å². The molecule has 2 aromatic carbocycles. The molecule has 26 heavy (non-hydrogen) atoms. The maximum atomic E-state index is 12.2. The zero-order valence-corrected chi connectivity index (χ0v) is 13.5. The summed E-state index contributed by atoms with van der Waals surface area (Å²) < 4.78 is 10.2. The first-order chi connectivity index (χ1) is 12.5. The van der Waals surface area contributed by atoms with Gasteiger partial charge < -0.3 is 9.15 Å². The van der Waals surface area contributed by atoms with Gasteiger partial charge >= 0.3 is 5.63 Å². The van der Waals surface area contributed by atoms with E-state index in [-0.39, 0.29) is 11.3 Å². The molecule has 132 valence electrons. The standard InChI is InChI=1S/C17H13N3O6/c1-25-13-7-2-10-8-14(17(22)26-15(10)9-13)16(21)19-18-11-3-5-12(6-4-11)20(23)24/h2-9,18H,1H3,(H,19,21). The molecule has 0 spiro atoms. The van der Waals surface area contributed by atoms with Crippen molar-refractivity contribution in [2.24, 2.45) is 0 Å². The molecule has 3 aromatic rings. The largest absolute Gasteiger partial charge is 0.497 e. The molecule has 0 aliphatic rings. The van der Waals surface area contributed by atoms with Crippen molar-refractivity contribution in [2.75, 3.05) is 12.5 Å². The smallest absolute Gasteiger partial charge is 0.349 e. The monoisotopic (exact) mass is 355 g/mol. The van der Waals surface area contributed by atoms with Gasteiger partial charge in [-0.05, 0) is 30.3 Å². The van der Waals surface area contributed by atoms with Gasteiger partial charge in [0.05, 0.1) is 17.7 Å². The first-order valence-corrected chi connectivity index (χ1v) is 7.40. The number of hydrogen-bond acceptors (Lipinski definition) is 7. The van der Waals surface area contributed by atoms with Crippen molar-refractivity contribution < 1.29 is 18.9 Å². The van der Waals surface area contributed by atoms with Crippen LogP contribution in [0, 0.1) is 10.1 Å². The molecule has 0 atom stereocenters. The maximum absolute atomic E-state index is 12.2. The Labute approximate surface area is 146 Å². The van der Waals surface area contributed by atoms with Gasteiger partial charge in [0.15, 0.2) is 0 Å². The van der Waals surface area contributed by atoms with E-state index in [2.05, 4.69) is 10.9 Å². The van der Waals surface area contributed by atoms with Gasteiger partial charge in [-0.15, -0.1) is 0 Å². The normalized spacial score (nSPS) is 10.3. The topological polar surface area (TPSA) is 124 Å². The number of hydrogen-bond donors (Lipinski definition) is 2. The molecule has 9 heteroatoms. The molecule has 0 saturated heterocycles. The number of nitrogens with one attached hydrogen (secondary N) is 2. The number of fused-ring (bicyclic) bond motifs is 1. The van der Waals surface area contributed by atoms with Crippen LogP contribution in [0.2, 0.25) is 0 Å². The quantitative estimate of drug-likeness (QED) is 0.409. The number of anilines is 1. The second-order valence-corrected chi connectivity index (χ2v) is 5.23. The van der Waals surface area contributed by atoms with E-state index in [9.17, 15) is 19.7 Å². The van der Waals surface area contributed by atoms with E-state index in [0.29, 0.717) is 22.4 Å². The third-order valence-electron chi connectivity index (χ3n) is 3.59. The lowest BCUT2D eigenvalue weighted by Crippen LogP contribution is -2.32. The third-order valence-corrected chi connectivity index (χ3v) is 3.59. The Morgan fingerprint density at radius 2 is 1.88 bits per heavy atom. The predicted molar refractivity (Wildman–Crippen MR) is 93.2 cm³/mol. The van der Waals surface area contributed by atoms with Crippen molar-refractivity contribution in [2.45, 2.75) is 0 Å². The van der Waals surface area contributed by atoms with Crippen LogP contribution in [0.4, 0.5) is 11.4 Å². The van der Waals surface area contributed by atoms with Crippen molar-refractivity contribution in [1.29, 1.82) is 0 Å². The van der Waals surface area contributed by atoms with Gasteiger partial charge in [-0.1, -0.05) is 0 Å². The predicted octanol–water partition coefficient (Wildman–Crippen LogP) is 2.47. The maximum Gasteiger partial charge on any atom is 0.349 e. The summed E-state index contributed by atoms with van der Waals surface area (Å²) >= 11 is 0. The van der Waals surface area contributed by atoms with Crippen LogP contribution in [0.15, 0.2) is 57.7 Å². The molecule has 3 rings (SSSR count). The van der Waals surface area contributed by atoms with E-state index in [1.807, 2.05) is 0 Å². The molecule has 2 N–H and O–H groups in total. The average Bonchev–Trinajstić information content (AvgIpc) is 2.65. The van der Waals surface area contributed by atoms with Gasteiger partial charge in [0.25, 0.3) is 11.6 Å². The van der Waals surface area contributed by atoms with Crippen LogP contribution in [-0.4, -0.2) is 17.9 Å². The third kappa shape index (κ3) is 3.46. The van der Waals surface area contributed by atoms with Crippen LogP contribution in [-0.2, 0) is 0 Å². The molecule has 0 fully saturated rings. The summed E-state index contributed by atoms with van der Waals surface area (Å²) in [6, 6.07) is 11.7. The number of amides is 1. The molecule has 0 radical (unpaired) electrons. The number of rotatable bonds is 5. The molecule has 0 unspecified atom stereocenters. The lowest BCUT2D eigenvalue weighted by atomic mass is 10.1. The number of carbonyl (C=O) groups excluding carboxylic acids is 1. The number of methoxy groups -OCH3 is 1. The molecular weight excluding hydrogens is 342 g/mol. The average molecular weight is 355 g/mol. The first kappa shape index (κ1) is 17.0. The van der Waals surface area contributed by atoms with Crippen molar-refractivity contribution in [3.05, 3.63) is 74.6 Å². The van der Waals surface area contributed by atoms with Crippen LogP contribution in [0.3, 0.4) is 0 Å². The molecule has 0 saturated carbocycles. The molecule has 9 nitrogen and oxygen atoms in total. The highest BCUT2D eigenvalue weighted by atomic mass is 16.6. The van der Waals surface area contributed by atoms with E-state index in [0.717, 1.165) is 0 Å². The van der Waals surface area contributed by atoms with E-state index < -0.39 is 16.5 Å². The van der Waals surface area contributed by atoms with E-state index in [4.69, 9.17) is 9.15 Å². The molecule has 0 bridgehead atoms. The van der Waals surface area contributed by atoms with Crippen molar-refractivity contribution in [3.63, 3.8) is 0 Å². The number of nitrogens with zero attached hydrogens (tertiary/aromatic N) is 1. The number of hydrazine groups is 1. The van der Waals surface area contributed by atoms with E-state index in [1.54, 1.807) is 18.2 Å². The Morgan fingerprint density at radius 1 is 1.15 bits per heavy atom. The van der Waals surface area contributed by atoms with Crippen LogP contribution in [0.5, 0.6) is 5.75 Å². The van der Waals surface area contributed by atoms with E-state index in [1.165, 1.54) is 37.4 Å². The summed E-state index contributed by atoms with van der Waals surface area (Å²) in [6.45, 7) is 0. The minimum absolute atomic E-state index is 0.0764. The van der Waals surface area contributed by atoms with Crippen LogP contribution >= 0.6 is 0 Å². The van der Waals surface area contributed by atoms with Gasteiger partial charge in [-0.2, -0.15) is 0 Å². The summed E-state index contributed by atoms with van der Waals surface area (Å²) in [5, 5.41) is 11.2. The second kappa shape index (κ2) is 6.93. The highest BCUT2D eigenvalue weighted by molar-refractivity contribution is 5.97. The van der Waals surface area contributed by atoms with Gasteiger partial charge in [0.2, 0.25) is 0 Å². The molecule has 0 aliphatic heterocycles. The Morgan fingerprint density at radius 3 is 2.54 bits per heavy atom. The number of non-ortho nitro benzene ring substituents is 1. The summed E-state index contributed by atoms with van der Waals surface area (Å²) in [6.07, 6.45) is 0. The minimum Gasteiger partial charge on any atom is -0.497 e. The minimum atomic E-state index is -0.797. The number of benzene rings is 2. The number of ether oxygens (including phenoxy) is 1. The number of nitro benzene ring substituents is 1. The fourth-order valence-corrected chi connectivity index (χ4v) is 2.24. The fourth-order valence-electron chi connectivity index (χ4n) is 2.24. The summed E-state index contributed by atoms with van der Waals surface area (Å²) in [5.74, 6) is -0.174. The van der Waals surface area contributed by atoms with Crippen LogP contribution in [0.1, 0.15) is 10.4 Å². The Hall–Kier alpha value is -3.88. The summed E-state index contributed by atoms with van der Waals surface area (Å²) in [5.41, 5.74) is 4.59. The molecular formula is C17H13N3O6. The van der Waals surface area contributed by atoms with Crippen molar-refractivity contribution in [1.82, 2.24) is 5.43 Å². The summed E-state index contributed by atoms with van der Waals surface area (Å²) in [7, 11) is 1.49. The lowest BCUT2D eigenvalue weighted by Gasteiger charge is -2.08. The molecule has 1 heterocycles. The highest BCUT2D eigenvalue weighted by Crippen LogP contribution is 2.20. The zero-order chi connectivity index (χ0) is 18.7. The van der Waals surface area contributed by atoms with Gasteiger partial charge in [0, 0.05) is 23.6 Å². The highest BCUT2D eigenvalue weighted by Gasteiger charge is 2.14. The Balaban J connectivity index is 1.78. The van der Waals surface area contributed by atoms with Gasteiger partial charge in [-0.3, -0.25) is 25.8 Å². The molecule has 1 amide bonds. The number of nitro groups is 1. The Kier molecular flexibility index (Phi) is 4.52. The zero-order valence-electron chi connectivity index (χ0n) is 13.5. The lowest BCUT2D eigenvalue weighted by molar-refractivity contribution is -0.384. The molecule has 1 aromatic heterocycles.